The van der Waals surface area contributed by atoms with E-state index in [1.807, 2.05) is 29.0 Å². The topological polar surface area (TPSA) is 44.5 Å². The predicted octanol–water partition coefficient (Wildman–Crippen LogP) is 4.86. The molecule has 186 valence electrons. The fourth-order valence-electron chi connectivity index (χ4n) is 4.71. The van der Waals surface area contributed by atoms with E-state index in [2.05, 4.69) is 23.3 Å². The molecule has 0 amide bonds. The first-order valence-corrected chi connectivity index (χ1v) is 12.3. The Morgan fingerprint density at radius 1 is 1.20 bits per heavy atom. The molecule has 1 unspecified atom stereocenters. The lowest BCUT2D eigenvalue weighted by molar-refractivity contribution is 0.104. The van der Waals surface area contributed by atoms with Crippen LogP contribution in [-0.2, 0) is 26.1 Å². The van der Waals surface area contributed by atoms with Gasteiger partial charge in [-0.2, -0.15) is 5.10 Å². The number of benzene rings is 2. The molecule has 1 aromatic heterocycles. The van der Waals surface area contributed by atoms with Crippen molar-refractivity contribution >= 4 is 0 Å². The molecule has 0 radical (unpaired) electrons. The van der Waals surface area contributed by atoms with Gasteiger partial charge < -0.3 is 5.11 Å². The van der Waals surface area contributed by atoms with Crippen LogP contribution < -0.4 is 0 Å². The zero-order valence-corrected chi connectivity index (χ0v) is 20.3. The molecule has 35 heavy (non-hydrogen) atoms. The number of halogens is 2. The van der Waals surface area contributed by atoms with Gasteiger partial charge in [-0.1, -0.05) is 37.3 Å². The Morgan fingerprint density at radius 3 is 2.77 bits per heavy atom. The third-order valence-corrected chi connectivity index (χ3v) is 6.62. The fraction of sp³-hybridized carbons (Fsp3) is 0.393. The summed E-state index contributed by atoms with van der Waals surface area (Å²) in [5, 5.41) is 15.4. The van der Waals surface area contributed by atoms with Crippen LogP contribution in [-0.4, -0.2) is 50.4 Å². The highest BCUT2D eigenvalue weighted by Crippen LogP contribution is 2.28. The van der Waals surface area contributed by atoms with Crippen LogP contribution in [0.3, 0.4) is 0 Å². The molecular formula is C28H34F2N4O. The van der Waals surface area contributed by atoms with Crippen molar-refractivity contribution in [2.24, 2.45) is 0 Å². The third kappa shape index (κ3) is 6.23. The fourth-order valence-corrected chi connectivity index (χ4v) is 4.71. The van der Waals surface area contributed by atoms with Gasteiger partial charge in [0.1, 0.15) is 11.6 Å². The van der Waals surface area contributed by atoms with Crippen molar-refractivity contribution in [3.63, 3.8) is 0 Å². The molecule has 1 atom stereocenters. The molecule has 0 saturated carbocycles. The van der Waals surface area contributed by atoms with Gasteiger partial charge in [-0.05, 0) is 43.7 Å². The Labute approximate surface area is 206 Å². The number of hydrogen-bond acceptors (Lipinski definition) is 4. The van der Waals surface area contributed by atoms with E-state index in [1.54, 1.807) is 12.1 Å². The highest BCUT2D eigenvalue weighted by molar-refractivity contribution is 5.39. The van der Waals surface area contributed by atoms with Gasteiger partial charge in [0.2, 0.25) is 0 Å². The van der Waals surface area contributed by atoms with Gasteiger partial charge in [-0.25, -0.2) is 13.5 Å². The molecule has 0 aliphatic carbocycles. The van der Waals surface area contributed by atoms with E-state index in [0.717, 1.165) is 42.9 Å². The molecule has 2 heterocycles. The average molecular weight is 481 g/mol. The van der Waals surface area contributed by atoms with Crippen molar-refractivity contribution in [1.82, 2.24) is 19.6 Å². The van der Waals surface area contributed by atoms with Crippen LogP contribution in [0, 0.1) is 11.6 Å². The van der Waals surface area contributed by atoms with Gasteiger partial charge in [0.15, 0.2) is 0 Å². The highest BCUT2D eigenvalue weighted by atomic mass is 19.1. The van der Waals surface area contributed by atoms with Crippen molar-refractivity contribution in [3.05, 3.63) is 95.3 Å². The van der Waals surface area contributed by atoms with Gasteiger partial charge in [-0.15, -0.1) is 6.58 Å². The van der Waals surface area contributed by atoms with Gasteiger partial charge in [0.25, 0.3) is 0 Å². The lowest BCUT2D eigenvalue weighted by atomic mass is 10.0. The zero-order valence-electron chi connectivity index (χ0n) is 20.3. The third-order valence-electron chi connectivity index (χ3n) is 6.62. The molecule has 1 aliphatic heterocycles. The van der Waals surface area contributed by atoms with E-state index in [4.69, 9.17) is 5.10 Å². The number of aliphatic hydroxyl groups excluding tert-OH is 1. The molecule has 2 aromatic carbocycles. The Balaban J connectivity index is 1.61. The summed E-state index contributed by atoms with van der Waals surface area (Å²) in [5.74, 6) is -0.495. The molecule has 0 bridgehead atoms. The van der Waals surface area contributed by atoms with Crippen LogP contribution in [0.15, 0.2) is 61.2 Å². The van der Waals surface area contributed by atoms with E-state index in [1.165, 1.54) is 18.2 Å². The first-order valence-electron chi connectivity index (χ1n) is 12.3. The minimum Gasteiger partial charge on any atom is -0.392 e. The number of aliphatic hydroxyl groups is 1. The van der Waals surface area contributed by atoms with Gasteiger partial charge in [-0.3, -0.25) is 9.80 Å². The summed E-state index contributed by atoms with van der Waals surface area (Å²) < 4.78 is 30.2. The van der Waals surface area contributed by atoms with Crippen LogP contribution in [0.1, 0.15) is 42.3 Å². The number of aromatic nitrogens is 2. The van der Waals surface area contributed by atoms with Gasteiger partial charge >= 0.3 is 0 Å². The number of likely N-dealkylation sites (N-methyl/N-ethyl adjacent to an activating group) is 1. The second-order valence-electron chi connectivity index (χ2n) is 9.16. The molecule has 4 rings (SSSR count). The summed E-state index contributed by atoms with van der Waals surface area (Å²) in [5.41, 5.74) is 4.47. The number of nitrogens with zero attached hydrogens (tertiary/aromatic N) is 4. The summed E-state index contributed by atoms with van der Waals surface area (Å²) >= 11 is 0. The summed E-state index contributed by atoms with van der Waals surface area (Å²) in [6, 6.07) is 13.4. The van der Waals surface area contributed by atoms with E-state index in [0.29, 0.717) is 43.9 Å². The maximum absolute atomic E-state index is 14.3. The predicted molar refractivity (Wildman–Crippen MR) is 134 cm³/mol. The van der Waals surface area contributed by atoms with Crippen LogP contribution in [0.25, 0.3) is 5.69 Å². The van der Waals surface area contributed by atoms with E-state index < -0.39 is 6.10 Å². The van der Waals surface area contributed by atoms with Crippen LogP contribution >= 0.6 is 0 Å². The Kier molecular flexibility index (Phi) is 8.44. The number of fused-ring (bicyclic) bond motifs is 1. The van der Waals surface area contributed by atoms with E-state index in [-0.39, 0.29) is 11.6 Å². The quantitative estimate of drug-likeness (QED) is 0.398. The Hall–Kier alpha value is -2.87. The minimum atomic E-state index is -0.438. The average Bonchev–Trinajstić information content (AvgIpc) is 3.21. The molecular weight excluding hydrogens is 446 g/mol. The largest absolute Gasteiger partial charge is 0.392 e. The standard InChI is InChI=1S/C28H34F2N4O/c1-3-5-12-24(35)18-32(4-2)20-27-25-19-33(17-21-9-6-7-13-26(21)30)15-14-28(25)34(31-27)23-11-8-10-22(29)16-23/h3,6-11,13,16,24,35H,1,4-5,12,14-15,17-20H2,2H3. The summed E-state index contributed by atoms with van der Waals surface area (Å²) in [7, 11) is 0. The monoisotopic (exact) mass is 480 g/mol. The van der Waals surface area contributed by atoms with Crippen molar-refractivity contribution in [2.75, 3.05) is 19.6 Å². The summed E-state index contributed by atoms with van der Waals surface area (Å²) in [6.07, 6.45) is 3.56. The molecule has 0 fully saturated rings. The smallest absolute Gasteiger partial charge is 0.127 e. The molecule has 1 N–H and O–H groups in total. The lowest BCUT2D eigenvalue weighted by Gasteiger charge is -2.29. The number of hydrogen-bond donors (Lipinski definition) is 1. The molecule has 7 heteroatoms. The maximum Gasteiger partial charge on any atom is 0.127 e. The van der Waals surface area contributed by atoms with Gasteiger partial charge in [0.05, 0.1) is 23.2 Å². The molecule has 5 nitrogen and oxygen atoms in total. The van der Waals surface area contributed by atoms with Crippen LogP contribution in [0.4, 0.5) is 8.78 Å². The van der Waals surface area contributed by atoms with Crippen LogP contribution in [0.5, 0.6) is 0 Å². The maximum atomic E-state index is 14.3. The number of allylic oxidation sites excluding steroid dienone is 1. The molecule has 3 aromatic rings. The highest BCUT2D eigenvalue weighted by Gasteiger charge is 2.27. The summed E-state index contributed by atoms with van der Waals surface area (Å²) in [4.78, 5) is 4.42. The van der Waals surface area contributed by atoms with Crippen LogP contribution in [0.2, 0.25) is 0 Å². The molecule has 0 spiro atoms. The summed E-state index contributed by atoms with van der Waals surface area (Å²) in [6.45, 7) is 9.63. The first kappa shape index (κ1) is 25.2. The van der Waals surface area contributed by atoms with Gasteiger partial charge in [0, 0.05) is 50.3 Å². The van der Waals surface area contributed by atoms with Crippen molar-refractivity contribution in [2.45, 2.75) is 51.9 Å². The number of rotatable bonds is 11. The zero-order chi connectivity index (χ0) is 24.8. The molecule has 0 saturated heterocycles. The van der Waals surface area contributed by atoms with E-state index >= 15 is 0 Å². The SMILES string of the molecule is C=CCCC(O)CN(CC)Cc1nn(-c2cccc(F)c2)c2c1CN(Cc1ccccc1F)CC2. The first-order chi connectivity index (χ1) is 17.0. The van der Waals surface area contributed by atoms with Crippen molar-refractivity contribution < 1.29 is 13.9 Å². The van der Waals surface area contributed by atoms with Crippen molar-refractivity contribution in [3.8, 4) is 5.69 Å². The molecule has 1 aliphatic rings. The Bertz CT molecular complexity index is 1150. The normalized spacial score (nSPS) is 14.8. The van der Waals surface area contributed by atoms with E-state index in [9.17, 15) is 13.9 Å². The second kappa shape index (κ2) is 11.7. The van der Waals surface area contributed by atoms with Crippen molar-refractivity contribution in [1.29, 1.82) is 0 Å². The minimum absolute atomic E-state index is 0.195. The Morgan fingerprint density at radius 2 is 2.03 bits per heavy atom. The second-order valence-corrected chi connectivity index (χ2v) is 9.16. The lowest BCUT2D eigenvalue weighted by Crippen LogP contribution is -2.34.